The fourth-order valence-electron chi connectivity index (χ4n) is 1.97. The number of aryl methyl sites for hydroxylation is 1. The molecule has 1 aromatic rings. The highest BCUT2D eigenvalue weighted by Gasteiger charge is 2.05. The van der Waals surface area contributed by atoms with E-state index in [9.17, 15) is 4.79 Å². The molecule has 0 spiro atoms. The lowest BCUT2D eigenvalue weighted by Crippen LogP contribution is -2.29. The van der Waals surface area contributed by atoms with Gasteiger partial charge in [-0.05, 0) is 17.5 Å². The minimum atomic E-state index is -0.203. The van der Waals surface area contributed by atoms with Gasteiger partial charge in [0.25, 0.3) is 0 Å². The van der Waals surface area contributed by atoms with E-state index >= 15 is 0 Å². The highest BCUT2D eigenvalue weighted by molar-refractivity contribution is 5.85. The number of nitrogens with zero attached hydrogens (tertiary/aromatic N) is 1. The van der Waals surface area contributed by atoms with Gasteiger partial charge in [0.05, 0.1) is 20.3 Å². The van der Waals surface area contributed by atoms with Crippen LogP contribution in [-0.2, 0) is 22.5 Å². The van der Waals surface area contributed by atoms with Crippen LogP contribution in [0.15, 0.2) is 24.3 Å². The monoisotopic (exact) mass is 317 g/mol. The number of ether oxygens (including phenoxy) is 1. The van der Waals surface area contributed by atoms with Crippen molar-refractivity contribution < 1.29 is 19.7 Å². The number of aliphatic hydroxyl groups excluding tert-OH is 2. The Morgan fingerprint density at radius 1 is 1.10 bits per heavy atom. The summed E-state index contributed by atoms with van der Waals surface area (Å²) in [5.41, 5.74) is 2.21. The summed E-state index contributed by atoms with van der Waals surface area (Å²) >= 11 is 0. The molecular weight excluding hydrogens is 294 g/mol. The predicted octanol–water partition coefficient (Wildman–Crippen LogP) is 1.00. The number of hydrogen-bond donors (Lipinski definition) is 2. The minimum Gasteiger partial charge on any atom is -0.469 e. The van der Waals surface area contributed by atoms with E-state index in [1.165, 1.54) is 7.11 Å². The molecule has 1 aromatic carbocycles. The summed E-state index contributed by atoms with van der Waals surface area (Å²) in [6.07, 6.45) is 1.06. The van der Waals surface area contributed by atoms with E-state index in [1.54, 1.807) is 0 Å². The summed E-state index contributed by atoms with van der Waals surface area (Å²) in [6, 6.07) is 8.01. The van der Waals surface area contributed by atoms with Gasteiger partial charge in [-0.2, -0.15) is 0 Å². The van der Waals surface area contributed by atoms with Crippen molar-refractivity contribution in [3.05, 3.63) is 35.4 Å². The zero-order chi connectivity index (χ0) is 14.8. The number of methoxy groups -OCH3 is 1. The van der Waals surface area contributed by atoms with Crippen LogP contribution in [0.2, 0.25) is 0 Å². The third kappa shape index (κ3) is 8.02. The van der Waals surface area contributed by atoms with Crippen molar-refractivity contribution in [2.45, 2.75) is 19.4 Å². The van der Waals surface area contributed by atoms with Crippen LogP contribution >= 0.6 is 12.4 Å². The summed E-state index contributed by atoms with van der Waals surface area (Å²) in [5.74, 6) is -0.203. The van der Waals surface area contributed by atoms with Gasteiger partial charge in [-0.3, -0.25) is 9.69 Å². The maximum Gasteiger partial charge on any atom is 0.305 e. The van der Waals surface area contributed by atoms with E-state index < -0.39 is 0 Å². The van der Waals surface area contributed by atoms with Crippen LogP contribution in [0.25, 0.3) is 0 Å². The molecule has 21 heavy (non-hydrogen) atoms. The van der Waals surface area contributed by atoms with Crippen LogP contribution in [0.5, 0.6) is 0 Å². The van der Waals surface area contributed by atoms with Crippen molar-refractivity contribution in [2.75, 3.05) is 33.4 Å². The second kappa shape index (κ2) is 11.5. The van der Waals surface area contributed by atoms with Crippen molar-refractivity contribution in [2.24, 2.45) is 0 Å². The number of esters is 1. The van der Waals surface area contributed by atoms with Gasteiger partial charge >= 0.3 is 5.97 Å². The average molecular weight is 318 g/mol. The van der Waals surface area contributed by atoms with E-state index in [0.29, 0.717) is 32.5 Å². The Balaban J connectivity index is 0.00000400. The molecule has 0 bridgehead atoms. The number of carbonyl (C=O) groups is 1. The molecule has 120 valence electrons. The van der Waals surface area contributed by atoms with Crippen molar-refractivity contribution in [3.8, 4) is 0 Å². The summed E-state index contributed by atoms with van der Waals surface area (Å²) in [4.78, 5) is 13.1. The van der Waals surface area contributed by atoms with E-state index in [-0.39, 0.29) is 31.6 Å². The molecule has 0 unspecified atom stereocenters. The standard InChI is InChI=1S/C15H23NO4.ClH/c1-20-15(19)7-6-13-2-4-14(5-3-13)12-16(8-10-17)9-11-18;/h2-5,17-18H,6-12H2,1H3;1H. The average Bonchev–Trinajstić information content (AvgIpc) is 2.46. The first-order chi connectivity index (χ1) is 9.69. The molecule has 0 aliphatic carbocycles. The zero-order valence-corrected chi connectivity index (χ0v) is 13.1. The molecular formula is C15H24ClNO4. The molecule has 2 N–H and O–H groups in total. The smallest absolute Gasteiger partial charge is 0.305 e. The van der Waals surface area contributed by atoms with Gasteiger partial charge in [0.1, 0.15) is 0 Å². The van der Waals surface area contributed by atoms with Gasteiger partial charge in [-0.25, -0.2) is 0 Å². The number of halogens is 1. The highest BCUT2D eigenvalue weighted by atomic mass is 35.5. The van der Waals surface area contributed by atoms with Gasteiger partial charge in [0, 0.05) is 26.1 Å². The molecule has 5 nitrogen and oxygen atoms in total. The van der Waals surface area contributed by atoms with Crippen molar-refractivity contribution in [3.63, 3.8) is 0 Å². The Labute approximate surface area is 131 Å². The first-order valence-corrected chi connectivity index (χ1v) is 6.78. The zero-order valence-electron chi connectivity index (χ0n) is 12.3. The lowest BCUT2D eigenvalue weighted by Gasteiger charge is -2.20. The molecule has 0 aliphatic rings. The summed E-state index contributed by atoms with van der Waals surface area (Å²) in [6.45, 7) is 1.95. The van der Waals surface area contributed by atoms with Gasteiger partial charge in [-0.1, -0.05) is 24.3 Å². The first kappa shape index (κ1) is 19.9. The third-order valence-electron chi connectivity index (χ3n) is 3.11. The molecule has 0 radical (unpaired) electrons. The fraction of sp³-hybridized carbons (Fsp3) is 0.533. The second-order valence-corrected chi connectivity index (χ2v) is 4.62. The SMILES string of the molecule is COC(=O)CCc1ccc(CN(CCO)CCO)cc1.Cl. The molecule has 0 aromatic heterocycles. The minimum absolute atomic E-state index is 0. The van der Waals surface area contributed by atoms with Crippen LogP contribution in [0.4, 0.5) is 0 Å². The van der Waals surface area contributed by atoms with Crippen LogP contribution < -0.4 is 0 Å². The van der Waals surface area contributed by atoms with Gasteiger partial charge in [0.2, 0.25) is 0 Å². The second-order valence-electron chi connectivity index (χ2n) is 4.62. The van der Waals surface area contributed by atoms with E-state index in [2.05, 4.69) is 4.74 Å². The Kier molecular flexibility index (Phi) is 10.9. The fourth-order valence-corrected chi connectivity index (χ4v) is 1.97. The van der Waals surface area contributed by atoms with E-state index in [0.717, 1.165) is 11.1 Å². The van der Waals surface area contributed by atoms with Gasteiger partial charge in [0.15, 0.2) is 0 Å². The molecule has 0 aliphatic heterocycles. The summed E-state index contributed by atoms with van der Waals surface area (Å²) in [5, 5.41) is 17.9. The van der Waals surface area contributed by atoms with Crippen molar-refractivity contribution in [1.82, 2.24) is 4.90 Å². The summed E-state index contributed by atoms with van der Waals surface area (Å²) < 4.78 is 4.61. The predicted molar refractivity (Wildman–Crippen MR) is 83.5 cm³/mol. The Morgan fingerprint density at radius 2 is 1.62 bits per heavy atom. The van der Waals surface area contributed by atoms with E-state index in [1.807, 2.05) is 29.2 Å². The maximum atomic E-state index is 11.1. The lowest BCUT2D eigenvalue weighted by molar-refractivity contribution is -0.140. The molecule has 0 saturated heterocycles. The third-order valence-corrected chi connectivity index (χ3v) is 3.11. The van der Waals surface area contributed by atoms with Crippen LogP contribution in [0.3, 0.4) is 0 Å². The summed E-state index contributed by atoms with van der Waals surface area (Å²) in [7, 11) is 1.39. The quantitative estimate of drug-likeness (QED) is 0.665. The normalized spacial score (nSPS) is 10.3. The van der Waals surface area contributed by atoms with Gasteiger partial charge < -0.3 is 14.9 Å². The maximum absolute atomic E-state index is 11.1. The van der Waals surface area contributed by atoms with E-state index in [4.69, 9.17) is 10.2 Å². The molecule has 0 amide bonds. The number of carbonyl (C=O) groups excluding carboxylic acids is 1. The molecule has 0 atom stereocenters. The Bertz CT molecular complexity index is 391. The molecule has 0 saturated carbocycles. The Hall–Kier alpha value is -1.14. The molecule has 0 heterocycles. The van der Waals surface area contributed by atoms with Crippen molar-refractivity contribution in [1.29, 1.82) is 0 Å². The molecule has 6 heteroatoms. The van der Waals surface area contributed by atoms with Crippen molar-refractivity contribution >= 4 is 18.4 Å². The number of aliphatic hydroxyl groups is 2. The number of benzene rings is 1. The largest absolute Gasteiger partial charge is 0.469 e. The lowest BCUT2D eigenvalue weighted by atomic mass is 10.1. The van der Waals surface area contributed by atoms with Crippen LogP contribution in [0.1, 0.15) is 17.5 Å². The highest BCUT2D eigenvalue weighted by Crippen LogP contribution is 2.09. The van der Waals surface area contributed by atoms with Crippen LogP contribution in [-0.4, -0.2) is 54.5 Å². The molecule has 0 fully saturated rings. The Morgan fingerprint density at radius 3 is 2.10 bits per heavy atom. The topological polar surface area (TPSA) is 70.0 Å². The number of rotatable bonds is 9. The van der Waals surface area contributed by atoms with Crippen LogP contribution in [0, 0.1) is 0 Å². The molecule has 1 rings (SSSR count). The van der Waals surface area contributed by atoms with Gasteiger partial charge in [-0.15, -0.1) is 12.4 Å². The number of hydrogen-bond acceptors (Lipinski definition) is 5. The first-order valence-electron chi connectivity index (χ1n) is 6.78.